The van der Waals surface area contributed by atoms with Gasteiger partial charge in [0.1, 0.15) is 0 Å². The minimum Gasteiger partial charge on any atom is -0.450 e. The molecule has 0 rings (SSSR count). The molecular weight excluding hydrogens is 184 g/mol. The molecule has 0 unspecified atom stereocenters. The molecule has 0 heterocycles. The van der Waals surface area contributed by atoms with Crippen LogP contribution in [0.2, 0.25) is 0 Å². The SMILES string of the molecule is COC(C)(C)C(=O)OC(C)(C)C(C)=O. The first-order valence-electron chi connectivity index (χ1n) is 4.43. The van der Waals surface area contributed by atoms with Crippen LogP contribution >= 0.6 is 0 Å². The van der Waals surface area contributed by atoms with Crippen LogP contribution in [0.25, 0.3) is 0 Å². The molecule has 0 saturated carbocycles. The van der Waals surface area contributed by atoms with Crippen LogP contribution in [0.5, 0.6) is 0 Å². The van der Waals surface area contributed by atoms with Crippen LogP contribution < -0.4 is 0 Å². The van der Waals surface area contributed by atoms with Crippen molar-refractivity contribution in [2.75, 3.05) is 7.11 Å². The highest BCUT2D eigenvalue weighted by Gasteiger charge is 2.36. The lowest BCUT2D eigenvalue weighted by Crippen LogP contribution is -2.44. The lowest BCUT2D eigenvalue weighted by molar-refractivity contribution is -0.180. The molecule has 0 aromatic rings. The van der Waals surface area contributed by atoms with E-state index < -0.39 is 17.2 Å². The van der Waals surface area contributed by atoms with Gasteiger partial charge in [-0.3, -0.25) is 4.79 Å². The van der Waals surface area contributed by atoms with Gasteiger partial charge in [-0.15, -0.1) is 0 Å². The molecule has 0 spiro atoms. The third kappa shape index (κ3) is 3.10. The number of esters is 1. The average molecular weight is 202 g/mol. The Morgan fingerprint density at radius 3 is 1.71 bits per heavy atom. The maximum absolute atomic E-state index is 11.5. The van der Waals surface area contributed by atoms with Crippen molar-refractivity contribution in [2.45, 2.75) is 45.8 Å². The van der Waals surface area contributed by atoms with Gasteiger partial charge in [0.2, 0.25) is 0 Å². The molecule has 0 aromatic carbocycles. The molecule has 4 nitrogen and oxygen atoms in total. The summed E-state index contributed by atoms with van der Waals surface area (Å²) in [6, 6.07) is 0. The van der Waals surface area contributed by atoms with E-state index in [1.807, 2.05) is 0 Å². The average Bonchev–Trinajstić information content (AvgIpc) is 2.03. The Morgan fingerprint density at radius 1 is 1.00 bits per heavy atom. The first-order chi connectivity index (χ1) is 6.13. The Morgan fingerprint density at radius 2 is 1.43 bits per heavy atom. The molecule has 0 radical (unpaired) electrons. The van der Waals surface area contributed by atoms with Gasteiger partial charge in [0.05, 0.1) is 0 Å². The first kappa shape index (κ1) is 13.1. The van der Waals surface area contributed by atoms with E-state index in [2.05, 4.69) is 0 Å². The molecule has 0 amide bonds. The maximum Gasteiger partial charge on any atom is 0.338 e. The summed E-state index contributed by atoms with van der Waals surface area (Å²) in [6.45, 7) is 7.67. The van der Waals surface area contributed by atoms with E-state index in [1.54, 1.807) is 27.7 Å². The second-order valence-corrected chi connectivity index (χ2v) is 4.17. The number of carbonyl (C=O) groups excluding carboxylic acids is 2. The van der Waals surface area contributed by atoms with Crippen LogP contribution in [0.15, 0.2) is 0 Å². The Hall–Kier alpha value is -0.900. The fourth-order valence-corrected chi connectivity index (χ4v) is 0.510. The second-order valence-electron chi connectivity index (χ2n) is 4.17. The van der Waals surface area contributed by atoms with E-state index in [0.29, 0.717) is 0 Å². The van der Waals surface area contributed by atoms with Gasteiger partial charge < -0.3 is 9.47 Å². The predicted molar refractivity (Wildman–Crippen MR) is 51.9 cm³/mol. The zero-order valence-electron chi connectivity index (χ0n) is 9.63. The zero-order valence-corrected chi connectivity index (χ0v) is 9.63. The number of ketones is 1. The molecule has 0 aromatic heterocycles. The molecule has 0 aliphatic heterocycles. The van der Waals surface area contributed by atoms with Crippen molar-refractivity contribution in [2.24, 2.45) is 0 Å². The summed E-state index contributed by atoms with van der Waals surface area (Å²) in [7, 11) is 1.42. The van der Waals surface area contributed by atoms with Crippen molar-refractivity contribution < 1.29 is 19.1 Å². The number of carbonyl (C=O) groups is 2. The molecule has 0 saturated heterocycles. The van der Waals surface area contributed by atoms with Gasteiger partial charge in [-0.25, -0.2) is 4.79 Å². The number of ether oxygens (including phenoxy) is 2. The molecule has 0 aliphatic carbocycles. The highest BCUT2D eigenvalue weighted by atomic mass is 16.6. The smallest absolute Gasteiger partial charge is 0.338 e. The molecule has 4 heteroatoms. The van der Waals surface area contributed by atoms with Gasteiger partial charge in [0.15, 0.2) is 17.0 Å². The van der Waals surface area contributed by atoms with Crippen LogP contribution in [0.3, 0.4) is 0 Å². The number of methoxy groups -OCH3 is 1. The van der Waals surface area contributed by atoms with E-state index >= 15 is 0 Å². The fourth-order valence-electron chi connectivity index (χ4n) is 0.510. The normalized spacial score (nSPS) is 12.4. The van der Waals surface area contributed by atoms with Crippen LogP contribution in [0.4, 0.5) is 0 Å². The van der Waals surface area contributed by atoms with Crippen molar-refractivity contribution in [1.82, 2.24) is 0 Å². The summed E-state index contributed by atoms with van der Waals surface area (Å²) in [6.07, 6.45) is 0. The summed E-state index contributed by atoms with van der Waals surface area (Å²) >= 11 is 0. The minimum absolute atomic E-state index is 0.197. The van der Waals surface area contributed by atoms with Gasteiger partial charge in [-0.1, -0.05) is 0 Å². The summed E-state index contributed by atoms with van der Waals surface area (Å²) in [4.78, 5) is 22.6. The molecule has 82 valence electrons. The third-order valence-corrected chi connectivity index (χ3v) is 2.20. The molecule has 0 atom stereocenters. The van der Waals surface area contributed by atoms with Crippen molar-refractivity contribution in [3.63, 3.8) is 0 Å². The van der Waals surface area contributed by atoms with Crippen molar-refractivity contribution >= 4 is 11.8 Å². The maximum atomic E-state index is 11.5. The van der Waals surface area contributed by atoms with Crippen LogP contribution in [0.1, 0.15) is 34.6 Å². The lowest BCUT2D eigenvalue weighted by Gasteiger charge is -2.28. The van der Waals surface area contributed by atoms with Crippen molar-refractivity contribution in [3.05, 3.63) is 0 Å². The predicted octanol–water partition coefficient (Wildman–Crippen LogP) is 1.32. The monoisotopic (exact) mass is 202 g/mol. The molecule has 0 N–H and O–H groups in total. The Balaban J connectivity index is 4.56. The van der Waals surface area contributed by atoms with Gasteiger partial charge in [-0.05, 0) is 34.6 Å². The van der Waals surface area contributed by atoms with Gasteiger partial charge in [0.25, 0.3) is 0 Å². The number of hydrogen-bond donors (Lipinski definition) is 0. The quantitative estimate of drug-likeness (QED) is 0.645. The van der Waals surface area contributed by atoms with E-state index in [4.69, 9.17) is 9.47 Å². The Kier molecular flexibility index (Phi) is 3.82. The van der Waals surface area contributed by atoms with Crippen LogP contribution in [-0.2, 0) is 19.1 Å². The zero-order chi connectivity index (χ0) is 11.6. The molecule has 0 bridgehead atoms. The van der Waals surface area contributed by atoms with Gasteiger partial charge >= 0.3 is 5.97 Å². The second kappa shape index (κ2) is 4.09. The Labute approximate surface area is 84.6 Å². The fraction of sp³-hybridized carbons (Fsp3) is 0.800. The molecule has 0 fully saturated rings. The summed E-state index contributed by atoms with van der Waals surface area (Å²) in [5, 5.41) is 0. The highest BCUT2D eigenvalue weighted by molar-refractivity contribution is 5.88. The number of hydrogen-bond acceptors (Lipinski definition) is 4. The molecule has 14 heavy (non-hydrogen) atoms. The molecule has 0 aliphatic rings. The first-order valence-corrected chi connectivity index (χ1v) is 4.43. The van der Waals surface area contributed by atoms with E-state index in [-0.39, 0.29) is 5.78 Å². The topological polar surface area (TPSA) is 52.6 Å². The summed E-state index contributed by atoms with van der Waals surface area (Å²) in [5.74, 6) is -0.738. The van der Waals surface area contributed by atoms with Crippen molar-refractivity contribution in [1.29, 1.82) is 0 Å². The van der Waals surface area contributed by atoms with Crippen LogP contribution in [-0.4, -0.2) is 30.1 Å². The standard InChI is InChI=1S/C10H18O4/c1-7(11)9(2,3)14-8(12)10(4,5)13-6/h1-6H3. The van der Waals surface area contributed by atoms with Gasteiger partial charge in [0, 0.05) is 7.11 Å². The van der Waals surface area contributed by atoms with E-state index in [9.17, 15) is 9.59 Å². The van der Waals surface area contributed by atoms with Crippen molar-refractivity contribution in [3.8, 4) is 0 Å². The van der Waals surface area contributed by atoms with Crippen LogP contribution in [0, 0.1) is 0 Å². The number of Topliss-reactive ketones (excluding diaryl/α,β-unsaturated/α-hetero) is 1. The molecular formula is C10H18O4. The lowest BCUT2D eigenvalue weighted by atomic mass is 10.0. The highest BCUT2D eigenvalue weighted by Crippen LogP contribution is 2.17. The minimum atomic E-state index is -1.09. The number of rotatable bonds is 4. The van der Waals surface area contributed by atoms with E-state index in [0.717, 1.165) is 0 Å². The third-order valence-electron chi connectivity index (χ3n) is 2.20. The van der Waals surface area contributed by atoms with Gasteiger partial charge in [-0.2, -0.15) is 0 Å². The summed E-state index contributed by atoms with van der Waals surface area (Å²) < 4.78 is 9.98. The largest absolute Gasteiger partial charge is 0.450 e. The van der Waals surface area contributed by atoms with E-state index in [1.165, 1.54) is 14.0 Å². The Bertz CT molecular complexity index is 241. The summed E-state index contributed by atoms with van der Waals surface area (Å²) in [5.41, 5.74) is -2.11.